The summed E-state index contributed by atoms with van der Waals surface area (Å²) in [5, 5.41) is 2.87. The van der Waals surface area contributed by atoms with Gasteiger partial charge in [-0.2, -0.15) is 0 Å². The van der Waals surface area contributed by atoms with Gasteiger partial charge in [-0.1, -0.05) is 24.3 Å². The number of nitrogens with zero attached hydrogens (tertiary/aromatic N) is 1. The highest BCUT2D eigenvalue weighted by molar-refractivity contribution is 6.05. The van der Waals surface area contributed by atoms with Crippen LogP contribution in [0.4, 0.5) is 10.1 Å². The molecule has 0 saturated carbocycles. The van der Waals surface area contributed by atoms with Crippen LogP contribution in [0, 0.1) is 33.5 Å². The number of hydrogen-bond donors (Lipinski definition) is 1. The molecule has 0 saturated heterocycles. The van der Waals surface area contributed by atoms with Crippen molar-refractivity contribution < 1.29 is 9.18 Å². The normalized spacial score (nSPS) is 10.8. The van der Waals surface area contributed by atoms with Gasteiger partial charge in [-0.15, -0.1) is 0 Å². The Bertz CT molecular complexity index is 1100. The van der Waals surface area contributed by atoms with E-state index in [2.05, 4.69) is 5.32 Å². The lowest BCUT2D eigenvalue weighted by Crippen LogP contribution is -2.27. The zero-order valence-electron chi connectivity index (χ0n) is 16.5. The van der Waals surface area contributed by atoms with Crippen molar-refractivity contribution in [1.82, 2.24) is 4.57 Å². The highest BCUT2D eigenvalue weighted by Crippen LogP contribution is 2.19. The topological polar surface area (TPSA) is 51.1 Å². The molecule has 0 aliphatic heterocycles. The summed E-state index contributed by atoms with van der Waals surface area (Å²) in [6.45, 7) is 7.93. The van der Waals surface area contributed by atoms with Crippen LogP contribution in [-0.4, -0.2) is 10.5 Å². The molecule has 5 heteroatoms. The Labute approximate surface area is 163 Å². The summed E-state index contributed by atoms with van der Waals surface area (Å²) in [6, 6.07) is 13.3. The van der Waals surface area contributed by atoms with Crippen LogP contribution in [0.2, 0.25) is 0 Å². The van der Waals surface area contributed by atoms with Gasteiger partial charge in [0.05, 0.1) is 0 Å². The minimum absolute atomic E-state index is 0.119. The lowest BCUT2D eigenvalue weighted by atomic mass is 10.1. The number of rotatable bonds is 4. The maximum atomic E-state index is 13.2. The van der Waals surface area contributed by atoms with Crippen molar-refractivity contribution in [2.24, 2.45) is 0 Å². The number of anilines is 1. The van der Waals surface area contributed by atoms with Crippen molar-refractivity contribution in [1.29, 1.82) is 0 Å². The number of hydrogen-bond acceptors (Lipinski definition) is 2. The molecule has 1 amide bonds. The number of benzene rings is 2. The van der Waals surface area contributed by atoms with Gasteiger partial charge < -0.3 is 9.88 Å². The van der Waals surface area contributed by atoms with Crippen LogP contribution >= 0.6 is 0 Å². The van der Waals surface area contributed by atoms with E-state index in [9.17, 15) is 14.0 Å². The van der Waals surface area contributed by atoms with Gasteiger partial charge in [0.25, 0.3) is 5.91 Å². The monoisotopic (exact) mass is 378 g/mol. The molecule has 0 unspecified atom stereocenters. The number of aryl methyl sites for hydroxylation is 2. The summed E-state index contributed by atoms with van der Waals surface area (Å²) >= 11 is 0. The molecule has 2 aromatic carbocycles. The van der Waals surface area contributed by atoms with Crippen molar-refractivity contribution in [3.8, 4) is 0 Å². The number of pyridine rings is 1. The van der Waals surface area contributed by atoms with Gasteiger partial charge in [0.2, 0.25) is 0 Å². The van der Waals surface area contributed by atoms with Gasteiger partial charge in [-0.3, -0.25) is 9.59 Å². The van der Waals surface area contributed by atoms with E-state index < -0.39 is 5.91 Å². The SMILES string of the molecule is Cc1cccc(NC(=O)c2c(C)n(Cc3ccc(F)cc3)c(C)cc2=O)c1C. The fourth-order valence-corrected chi connectivity index (χ4v) is 3.28. The standard InChI is InChI=1S/C23H23FN2O2/c1-14-6-5-7-20(16(14)3)25-23(28)22-17(4)26(15(2)12-21(22)27)13-18-8-10-19(24)11-9-18/h5-12H,13H2,1-4H3,(H,25,28). The van der Waals surface area contributed by atoms with Gasteiger partial charge in [-0.05, 0) is 62.6 Å². The van der Waals surface area contributed by atoms with Gasteiger partial charge in [0.15, 0.2) is 5.43 Å². The first-order valence-electron chi connectivity index (χ1n) is 9.11. The van der Waals surface area contributed by atoms with E-state index in [4.69, 9.17) is 0 Å². The predicted octanol–water partition coefficient (Wildman–Crippen LogP) is 4.52. The maximum absolute atomic E-state index is 13.2. The number of nitrogens with one attached hydrogen (secondary N) is 1. The minimum Gasteiger partial charge on any atom is -0.344 e. The summed E-state index contributed by atoms with van der Waals surface area (Å²) in [4.78, 5) is 25.5. The summed E-state index contributed by atoms with van der Waals surface area (Å²) in [7, 11) is 0. The van der Waals surface area contributed by atoms with Crippen molar-refractivity contribution in [3.63, 3.8) is 0 Å². The third kappa shape index (κ3) is 3.88. The first kappa shape index (κ1) is 19.5. The zero-order valence-corrected chi connectivity index (χ0v) is 16.5. The molecule has 28 heavy (non-hydrogen) atoms. The lowest BCUT2D eigenvalue weighted by Gasteiger charge is -2.18. The predicted molar refractivity (Wildman–Crippen MR) is 110 cm³/mol. The molecule has 1 N–H and O–H groups in total. The van der Waals surface area contributed by atoms with Crippen molar-refractivity contribution in [2.75, 3.05) is 5.32 Å². The minimum atomic E-state index is -0.427. The molecule has 0 fully saturated rings. The highest BCUT2D eigenvalue weighted by Gasteiger charge is 2.18. The van der Waals surface area contributed by atoms with E-state index in [1.54, 1.807) is 19.1 Å². The molecule has 4 nitrogen and oxygen atoms in total. The molecular weight excluding hydrogens is 355 g/mol. The Kier molecular flexibility index (Phi) is 5.45. The molecular formula is C23H23FN2O2. The molecule has 144 valence electrons. The summed E-state index contributed by atoms with van der Waals surface area (Å²) in [5.41, 5.74) is 4.74. The molecule has 0 bridgehead atoms. The van der Waals surface area contributed by atoms with E-state index in [0.29, 0.717) is 17.9 Å². The fraction of sp³-hybridized carbons (Fsp3) is 0.217. The van der Waals surface area contributed by atoms with Crippen LogP contribution < -0.4 is 10.7 Å². The second-order valence-corrected chi connectivity index (χ2v) is 7.02. The average molecular weight is 378 g/mol. The first-order valence-corrected chi connectivity index (χ1v) is 9.11. The Hall–Kier alpha value is -3.21. The van der Waals surface area contributed by atoms with Crippen LogP contribution in [0.3, 0.4) is 0 Å². The number of halogens is 1. The molecule has 0 aliphatic carbocycles. The molecule has 3 rings (SSSR count). The Morgan fingerprint density at radius 2 is 1.71 bits per heavy atom. The first-order chi connectivity index (χ1) is 13.3. The van der Waals surface area contributed by atoms with Crippen molar-refractivity contribution in [3.05, 3.63) is 98.2 Å². The molecule has 0 aliphatic rings. The van der Waals surface area contributed by atoms with Crippen LogP contribution in [0.25, 0.3) is 0 Å². The average Bonchev–Trinajstić information content (AvgIpc) is 2.64. The van der Waals surface area contributed by atoms with Crippen molar-refractivity contribution >= 4 is 11.6 Å². The van der Waals surface area contributed by atoms with Crippen LogP contribution in [0.15, 0.2) is 53.3 Å². The summed E-state index contributed by atoms with van der Waals surface area (Å²) in [5.74, 6) is -0.727. The van der Waals surface area contributed by atoms with Gasteiger partial charge in [-0.25, -0.2) is 4.39 Å². The Morgan fingerprint density at radius 1 is 1.04 bits per heavy atom. The van der Waals surface area contributed by atoms with Gasteiger partial charge in [0.1, 0.15) is 11.4 Å². The zero-order chi connectivity index (χ0) is 20.4. The number of amides is 1. The summed E-state index contributed by atoms with van der Waals surface area (Å²) < 4.78 is 15.1. The molecule has 1 heterocycles. The van der Waals surface area contributed by atoms with Crippen molar-refractivity contribution in [2.45, 2.75) is 34.2 Å². The highest BCUT2D eigenvalue weighted by atomic mass is 19.1. The molecule has 0 spiro atoms. The van der Waals surface area contributed by atoms with Gasteiger partial charge >= 0.3 is 0 Å². The number of carbonyl (C=O) groups excluding carboxylic acids is 1. The fourth-order valence-electron chi connectivity index (χ4n) is 3.28. The third-order valence-corrected chi connectivity index (χ3v) is 5.11. The summed E-state index contributed by atoms with van der Waals surface area (Å²) in [6.07, 6.45) is 0. The smallest absolute Gasteiger partial charge is 0.261 e. The molecule has 0 atom stereocenters. The second kappa shape index (κ2) is 7.80. The third-order valence-electron chi connectivity index (χ3n) is 5.11. The number of aromatic nitrogens is 1. The van der Waals surface area contributed by atoms with E-state index in [-0.39, 0.29) is 16.8 Å². The van der Waals surface area contributed by atoms with Crippen LogP contribution in [0.5, 0.6) is 0 Å². The lowest BCUT2D eigenvalue weighted by molar-refractivity contribution is 0.102. The quantitative estimate of drug-likeness (QED) is 0.726. The van der Waals surface area contributed by atoms with E-state index >= 15 is 0 Å². The molecule has 1 aromatic heterocycles. The van der Waals surface area contributed by atoms with E-state index in [0.717, 1.165) is 22.4 Å². The van der Waals surface area contributed by atoms with Gasteiger partial charge in [0, 0.05) is 29.7 Å². The second-order valence-electron chi connectivity index (χ2n) is 7.02. The largest absolute Gasteiger partial charge is 0.344 e. The van der Waals surface area contributed by atoms with E-state index in [1.807, 2.05) is 43.5 Å². The van der Waals surface area contributed by atoms with Crippen LogP contribution in [0.1, 0.15) is 38.4 Å². The van der Waals surface area contributed by atoms with Crippen LogP contribution in [-0.2, 0) is 6.54 Å². The Morgan fingerprint density at radius 3 is 2.39 bits per heavy atom. The Balaban J connectivity index is 1.99. The van der Waals surface area contributed by atoms with E-state index in [1.165, 1.54) is 18.2 Å². The number of carbonyl (C=O) groups is 1. The maximum Gasteiger partial charge on any atom is 0.261 e. The molecule has 3 aromatic rings. The molecule has 0 radical (unpaired) electrons.